The Hall–Kier alpha value is -1.24. The summed E-state index contributed by atoms with van der Waals surface area (Å²) in [6.45, 7) is 6.18. The van der Waals surface area contributed by atoms with Crippen LogP contribution in [-0.2, 0) is 9.47 Å². The molecular formula is C14H21NO2. The number of rotatable bonds is 6. The van der Waals surface area contributed by atoms with Gasteiger partial charge in [0, 0.05) is 13.5 Å². The zero-order chi connectivity index (χ0) is 12.7. The fourth-order valence-electron chi connectivity index (χ4n) is 1.30. The Kier molecular flexibility index (Phi) is 5.27. The topological polar surface area (TPSA) is 44.5 Å². The molecule has 1 saturated carbocycles. The molecule has 0 aromatic rings. The van der Waals surface area contributed by atoms with Crippen molar-refractivity contribution in [3.8, 4) is 11.8 Å². The lowest BCUT2D eigenvalue weighted by molar-refractivity contribution is 0.0874. The van der Waals surface area contributed by atoms with E-state index in [1.54, 1.807) is 19.3 Å². The maximum absolute atomic E-state index is 5.98. The van der Waals surface area contributed by atoms with Gasteiger partial charge in [-0.2, -0.15) is 0 Å². The number of allylic oxidation sites excluding steroid dienone is 2. The second-order valence-electron chi connectivity index (χ2n) is 4.25. The summed E-state index contributed by atoms with van der Waals surface area (Å²) in [7, 11) is 1.62. The summed E-state index contributed by atoms with van der Waals surface area (Å²) in [5.74, 6) is 6.68. The summed E-state index contributed by atoms with van der Waals surface area (Å²) >= 11 is 0. The Labute approximate surface area is 104 Å². The van der Waals surface area contributed by atoms with E-state index in [0.717, 1.165) is 19.3 Å². The zero-order valence-electron chi connectivity index (χ0n) is 10.7. The average molecular weight is 235 g/mol. The third-order valence-electron chi connectivity index (χ3n) is 2.60. The minimum Gasteiger partial charge on any atom is -0.492 e. The van der Waals surface area contributed by atoms with Gasteiger partial charge in [0.2, 0.25) is 0 Å². The predicted molar refractivity (Wildman–Crippen MR) is 69.2 cm³/mol. The van der Waals surface area contributed by atoms with Crippen molar-refractivity contribution in [2.75, 3.05) is 13.7 Å². The molecule has 1 aliphatic carbocycles. The van der Waals surface area contributed by atoms with Crippen LogP contribution in [0.5, 0.6) is 0 Å². The molecule has 3 heteroatoms. The number of hydrogen-bond acceptors (Lipinski definition) is 3. The molecule has 0 radical (unpaired) electrons. The SMILES string of the molecule is C=C/C=C(/OCC1(N)CC1)C(C#CCC)OC. The van der Waals surface area contributed by atoms with Crippen molar-refractivity contribution in [3.63, 3.8) is 0 Å². The van der Waals surface area contributed by atoms with Gasteiger partial charge >= 0.3 is 0 Å². The van der Waals surface area contributed by atoms with Gasteiger partial charge in [-0.05, 0) is 18.9 Å². The minimum absolute atomic E-state index is 0.142. The summed E-state index contributed by atoms with van der Waals surface area (Å²) in [6, 6.07) is 0. The van der Waals surface area contributed by atoms with Crippen molar-refractivity contribution in [2.45, 2.75) is 37.8 Å². The Bertz CT molecular complexity index is 345. The van der Waals surface area contributed by atoms with Gasteiger partial charge in [-0.1, -0.05) is 25.5 Å². The maximum atomic E-state index is 5.98. The third-order valence-corrected chi connectivity index (χ3v) is 2.60. The normalized spacial score (nSPS) is 18.9. The first kappa shape index (κ1) is 13.8. The highest BCUT2D eigenvalue weighted by Gasteiger charge is 2.39. The van der Waals surface area contributed by atoms with Crippen molar-refractivity contribution in [1.82, 2.24) is 0 Å². The molecule has 0 heterocycles. The van der Waals surface area contributed by atoms with Gasteiger partial charge in [0.05, 0.1) is 5.54 Å². The lowest BCUT2D eigenvalue weighted by Gasteiger charge is -2.17. The number of hydrogen-bond donors (Lipinski definition) is 1. The summed E-state index contributed by atoms with van der Waals surface area (Å²) in [6.07, 6.45) is 5.95. The molecule has 1 aliphatic rings. The number of ether oxygens (including phenoxy) is 2. The first-order valence-corrected chi connectivity index (χ1v) is 5.90. The van der Waals surface area contributed by atoms with E-state index in [2.05, 4.69) is 18.4 Å². The number of nitrogens with two attached hydrogens (primary N) is 1. The van der Waals surface area contributed by atoms with Crippen LogP contribution in [0.25, 0.3) is 0 Å². The minimum atomic E-state index is -0.338. The van der Waals surface area contributed by atoms with Crippen LogP contribution in [0.3, 0.4) is 0 Å². The lowest BCUT2D eigenvalue weighted by Crippen LogP contribution is -2.29. The van der Waals surface area contributed by atoms with E-state index in [-0.39, 0.29) is 11.6 Å². The van der Waals surface area contributed by atoms with Gasteiger partial charge in [-0.3, -0.25) is 0 Å². The van der Waals surface area contributed by atoms with Crippen molar-refractivity contribution >= 4 is 0 Å². The van der Waals surface area contributed by atoms with Gasteiger partial charge in [0.25, 0.3) is 0 Å². The molecule has 3 nitrogen and oxygen atoms in total. The highest BCUT2D eigenvalue weighted by molar-refractivity contribution is 5.21. The molecule has 0 aromatic carbocycles. The molecule has 2 N–H and O–H groups in total. The Morgan fingerprint density at radius 1 is 1.59 bits per heavy atom. The van der Waals surface area contributed by atoms with E-state index < -0.39 is 0 Å². The van der Waals surface area contributed by atoms with Gasteiger partial charge in [0.1, 0.15) is 12.4 Å². The van der Waals surface area contributed by atoms with Crippen molar-refractivity contribution < 1.29 is 9.47 Å². The highest BCUT2D eigenvalue weighted by atomic mass is 16.5. The quantitative estimate of drug-likeness (QED) is 0.435. The van der Waals surface area contributed by atoms with Crippen LogP contribution in [0.2, 0.25) is 0 Å². The van der Waals surface area contributed by atoms with E-state index in [9.17, 15) is 0 Å². The third kappa shape index (κ3) is 4.64. The molecule has 1 atom stereocenters. The fourth-order valence-corrected chi connectivity index (χ4v) is 1.30. The molecular weight excluding hydrogens is 214 g/mol. The molecule has 1 unspecified atom stereocenters. The summed E-state index contributed by atoms with van der Waals surface area (Å²) < 4.78 is 11.0. The van der Waals surface area contributed by atoms with Crippen LogP contribution in [0.15, 0.2) is 24.5 Å². The van der Waals surface area contributed by atoms with Crippen LogP contribution < -0.4 is 5.73 Å². The molecule has 17 heavy (non-hydrogen) atoms. The maximum Gasteiger partial charge on any atom is 0.174 e. The molecule has 0 bridgehead atoms. The van der Waals surface area contributed by atoms with Crippen molar-refractivity contribution in [3.05, 3.63) is 24.5 Å². The molecule has 0 aromatic heterocycles. The monoisotopic (exact) mass is 235 g/mol. The van der Waals surface area contributed by atoms with E-state index >= 15 is 0 Å². The lowest BCUT2D eigenvalue weighted by atomic mass is 10.2. The van der Waals surface area contributed by atoms with Crippen molar-refractivity contribution in [1.29, 1.82) is 0 Å². The molecule has 1 fully saturated rings. The van der Waals surface area contributed by atoms with E-state index in [4.69, 9.17) is 15.2 Å². The van der Waals surface area contributed by atoms with Gasteiger partial charge in [-0.15, -0.1) is 5.92 Å². The largest absolute Gasteiger partial charge is 0.492 e. The Balaban J connectivity index is 2.62. The van der Waals surface area contributed by atoms with Gasteiger partial charge in [0.15, 0.2) is 6.10 Å². The molecule has 0 aliphatic heterocycles. The van der Waals surface area contributed by atoms with Crippen LogP contribution in [0.1, 0.15) is 26.2 Å². The molecule has 1 rings (SSSR count). The fraction of sp³-hybridized carbons (Fsp3) is 0.571. The van der Waals surface area contributed by atoms with Crippen molar-refractivity contribution in [2.24, 2.45) is 5.73 Å². The summed E-state index contributed by atoms with van der Waals surface area (Å²) in [5, 5.41) is 0. The Morgan fingerprint density at radius 3 is 2.76 bits per heavy atom. The van der Waals surface area contributed by atoms with Crippen LogP contribution >= 0.6 is 0 Å². The summed E-state index contributed by atoms with van der Waals surface area (Å²) in [4.78, 5) is 0. The molecule has 0 spiro atoms. The molecule has 0 amide bonds. The van der Waals surface area contributed by atoms with Gasteiger partial charge < -0.3 is 15.2 Å². The van der Waals surface area contributed by atoms with Crippen LogP contribution in [0.4, 0.5) is 0 Å². The Morgan fingerprint density at radius 2 is 2.29 bits per heavy atom. The van der Waals surface area contributed by atoms with Crippen LogP contribution in [-0.4, -0.2) is 25.4 Å². The van der Waals surface area contributed by atoms with Crippen LogP contribution in [0, 0.1) is 11.8 Å². The first-order valence-electron chi connectivity index (χ1n) is 5.90. The average Bonchev–Trinajstić information content (AvgIpc) is 3.05. The number of methoxy groups -OCH3 is 1. The summed E-state index contributed by atoms with van der Waals surface area (Å²) in [5.41, 5.74) is 5.84. The first-order chi connectivity index (χ1) is 8.15. The highest BCUT2D eigenvalue weighted by Crippen LogP contribution is 2.33. The second kappa shape index (κ2) is 6.48. The molecule has 94 valence electrons. The zero-order valence-corrected chi connectivity index (χ0v) is 10.7. The predicted octanol–water partition coefficient (Wildman–Crippen LogP) is 1.99. The van der Waals surface area contributed by atoms with Gasteiger partial charge in [-0.25, -0.2) is 0 Å². The second-order valence-corrected chi connectivity index (χ2v) is 4.25. The standard InChI is InChI=1S/C14H21NO2/c1-4-6-8-12(16-3)13(7-5-2)17-11-14(15)9-10-14/h5,7,12H,2,4,9-11,15H2,1,3H3/b13-7+. The smallest absolute Gasteiger partial charge is 0.174 e. The van der Waals surface area contributed by atoms with E-state index in [1.165, 1.54) is 0 Å². The molecule has 0 saturated heterocycles. The van der Waals surface area contributed by atoms with E-state index in [0.29, 0.717) is 12.4 Å². The van der Waals surface area contributed by atoms with E-state index in [1.807, 2.05) is 6.92 Å².